The third-order valence-corrected chi connectivity index (χ3v) is 3.42. The molecule has 0 unspecified atom stereocenters. The number of nitrogens with zero attached hydrogens (tertiary/aromatic N) is 3. The van der Waals surface area contributed by atoms with Gasteiger partial charge in [-0.2, -0.15) is 5.10 Å². The lowest BCUT2D eigenvalue weighted by Crippen LogP contribution is -2.31. The largest absolute Gasteiger partial charge is 0.339 e. The number of hydrogen-bond donors (Lipinski definition) is 1. The predicted octanol–water partition coefficient (Wildman–Crippen LogP) is 2.15. The van der Waals surface area contributed by atoms with Gasteiger partial charge >= 0.3 is 0 Å². The summed E-state index contributed by atoms with van der Waals surface area (Å²) < 4.78 is 1.56. The van der Waals surface area contributed by atoms with Crippen LogP contribution >= 0.6 is 0 Å². The molecule has 22 heavy (non-hydrogen) atoms. The van der Waals surface area contributed by atoms with Crippen LogP contribution in [0.15, 0.2) is 36.7 Å². The third kappa shape index (κ3) is 3.33. The Kier molecular flexibility index (Phi) is 4.93. The molecule has 2 aromatic rings. The van der Waals surface area contributed by atoms with Crippen LogP contribution in [0.1, 0.15) is 34.6 Å². The number of aromatic nitrogens is 2. The SMILES string of the molecule is CCN(CC)C(=O)c1ccccc1NC(=O)c1cnn(C)c1. The van der Waals surface area contributed by atoms with Crippen LogP contribution in [-0.2, 0) is 7.05 Å². The van der Waals surface area contributed by atoms with Gasteiger partial charge in [-0.25, -0.2) is 0 Å². The maximum Gasteiger partial charge on any atom is 0.258 e. The Balaban J connectivity index is 2.25. The fourth-order valence-corrected chi connectivity index (χ4v) is 2.19. The Hall–Kier alpha value is -2.63. The molecule has 6 nitrogen and oxygen atoms in total. The maximum atomic E-state index is 12.5. The fraction of sp³-hybridized carbons (Fsp3) is 0.312. The van der Waals surface area contributed by atoms with Crippen molar-refractivity contribution in [1.82, 2.24) is 14.7 Å². The Morgan fingerprint density at radius 1 is 1.23 bits per heavy atom. The highest BCUT2D eigenvalue weighted by Crippen LogP contribution is 2.18. The Morgan fingerprint density at radius 3 is 2.50 bits per heavy atom. The van der Waals surface area contributed by atoms with Gasteiger partial charge in [-0.05, 0) is 26.0 Å². The monoisotopic (exact) mass is 300 g/mol. The van der Waals surface area contributed by atoms with Crippen molar-refractivity contribution in [2.45, 2.75) is 13.8 Å². The van der Waals surface area contributed by atoms with Gasteiger partial charge in [0.25, 0.3) is 11.8 Å². The quantitative estimate of drug-likeness (QED) is 0.920. The molecule has 0 fully saturated rings. The Morgan fingerprint density at radius 2 is 1.91 bits per heavy atom. The predicted molar refractivity (Wildman–Crippen MR) is 84.9 cm³/mol. The average molecular weight is 300 g/mol. The van der Waals surface area contributed by atoms with E-state index < -0.39 is 0 Å². The van der Waals surface area contributed by atoms with Gasteiger partial charge in [0, 0.05) is 26.3 Å². The van der Waals surface area contributed by atoms with E-state index in [1.54, 1.807) is 47.1 Å². The van der Waals surface area contributed by atoms with Gasteiger partial charge in [0.2, 0.25) is 0 Å². The van der Waals surface area contributed by atoms with Crippen LogP contribution in [0.3, 0.4) is 0 Å². The highest BCUT2D eigenvalue weighted by atomic mass is 16.2. The fourth-order valence-electron chi connectivity index (χ4n) is 2.19. The third-order valence-electron chi connectivity index (χ3n) is 3.42. The molecule has 0 atom stereocenters. The summed E-state index contributed by atoms with van der Waals surface area (Å²) in [4.78, 5) is 26.4. The number of rotatable bonds is 5. The second kappa shape index (κ2) is 6.89. The molecule has 0 aliphatic heterocycles. The number of nitrogens with one attached hydrogen (secondary N) is 1. The summed E-state index contributed by atoms with van der Waals surface area (Å²) >= 11 is 0. The van der Waals surface area contributed by atoms with Crippen molar-refractivity contribution in [3.05, 3.63) is 47.8 Å². The van der Waals surface area contributed by atoms with Crippen molar-refractivity contribution in [3.8, 4) is 0 Å². The van der Waals surface area contributed by atoms with Crippen LogP contribution in [-0.4, -0.2) is 39.6 Å². The van der Waals surface area contributed by atoms with Crippen molar-refractivity contribution >= 4 is 17.5 Å². The molecule has 1 heterocycles. The van der Waals surface area contributed by atoms with E-state index >= 15 is 0 Å². The number of para-hydroxylation sites is 1. The number of amides is 2. The second-order valence-corrected chi connectivity index (χ2v) is 4.88. The molecule has 0 saturated heterocycles. The highest BCUT2D eigenvalue weighted by Gasteiger charge is 2.18. The molecule has 116 valence electrons. The second-order valence-electron chi connectivity index (χ2n) is 4.88. The molecule has 1 N–H and O–H groups in total. The zero-order chi connectivity index (χ0) is 16.1. The van der Waals surface area contributed by atoms with E-state index in [0.717, 1.165) is 0 Å². The minimum Gasteiger partial charge on any atom is -0.339 e. The summed E-state index contributed by atoms with van der Waals surface area (Å²) in [6, 6.07) is 7.03. The highest BCUT2D eigenvalue weighted by molar-refractivity contribution is 6.08. The first-order valence-corrected chi connectivity index (χ1v) is 7.25. The summed E-state index contributed by atoms with van der Waals surface area (Å²) in [6.07, 6.45) is 3.12. The van der Waals surface area contributed by atoms with Gasteiger partial charge in [0.15, 0.2) is 0 Å². The molecule has 0 aliphatic carbocycles. The average Bonchev–Trinajstić information content (AvgIpc) is 2.95. The molecule has 0 spiro atoms. The smallest absolute Gasteiger partial charge is 0.258 e. The zero-order valence-electron chi connectivity index (χ0n) is 13.0. The first-order valence-electron chi connectivity index (χ1n) is 7.25. The van der Waals surface area contributed by atoms with Gasteiger partial charge in [0.1, 0.15) is 0 Å². The van der Waals surface area contributed by atoms with Gasteiger partial charge in [-0.1, -0.05) is 12.1 Å². The van der Waals surface area contributed by atoms with E-state index in [-0.39, 0.29) is 11.8 Å². The van der Waals surface area contributed by atoms with Crippen LogP contribution < -0.4 is 5.32 Å². The zero-order valence-corrected chi connectivity index (χ0v) is 13.0. The molecule has 1 aromatic carbocycles. The standard InChI is InChI=1S/C16H20N4O2/c1-4-20(5-2)16(22)13-8-6-7-9-14(13)18-15(21)12-10-17-19(3)11-12/h6-11H,4-5H2,1-3H3,(H,18,21). The molecule has 6 heteroatoms. The topological polar surface area (TPSA) is 67.2 Å². The number of hydrogen-bond acceptors (Lipinski definition) is 3. The van der Waals surface area contributed by atoms with Crippen molar-refractivity contribution in [2.75, 3.05) is 18.4 Å². The van der Waals surface area contributed by atoms with Gasteiger partial charge in [0.05, 0.1) is 23.0 Å². The molecule has 2 rings (SSSR count). The van der Waals surface area contributed by atoms with E-state index in [1.807, 2.05) is 13.8 Å². The molecule has 1 aromatic heterocycles. The van der Waals surface area contributed by atoms with E-state index in [0.29, 0.717) is 29.9 Å². The lowest BCUT2D eigenvalue weighted by molar-refractivity contribution is 0.0774. The number of anilines is 1. The van der Waals surface area contributed by atoms with E-state index in [1.165, 1.54) is 6.20 Å². The van der Waals surface area contributed by atoms with Gasteiger partial charge in [-0.15, -0.1) is 0 Å². The van der Waals surface area contributed by atoms with Crippen molar-refractivity contribution in [2.24, 2.45) is 7.05 Å². The van der Waals surface area contributed by atoms with Crippen molar-refractivity contribution in [1.29, 1.82) is 0 Å². The maximum absolute atomic E-state index is 12.5. The molecular weight excluding hydrogens is 280 g/mol. The van der Waals surface area contributed by atoms with E-state index in [2.05, 4.69) is 10.4 Å². The van der Waals surface area contributed by atoms with Crippen molar-refractivity contribution < 1.29 is 9.59 Å². The van der Waals surface area contributed by atoms with Crippen molar-refractivity contribution in [3.63, 3.8) is 0 Å². The summed E-state index contributed by atoms with van der Waals surface area (Å²) in [7, 11) is 1.74. The van der Waals surface area contributed by atoms with E-state index in [4.69, 9.17) is 0 Å². The molecule has 0 aliphatic rings. The molecule has 0 radical (unpaired) electrons. The van der Waals surface area contributed by atoms with Crippen LogP contribution in [0, 0.1) is 0 Å². The van der Waals surface area contributed by atoms with E-state index in [9.17, 15) is 9.59 Å². The normalized spacial score (nSPS) is 10.3. The number of benzene rings is 1. The number of carbonyl (C=O) groups excluding carboxylic acids is 2. The summed E-state index contributed by atoms with van der Waals surface area (Å²) in [6.45, 7) is 5.11. The first-order chi connectivity index (χ1) is 10.6. The van der Waals surface area contributed by atoms with Crippen LogP contribution in [0.5, 0.6) is 0 Å². The first kappa shape index (κ1) is 15.8. The van der Waals surface area contributed by atoms with Crippen LogP contribution in [0.4, 0.5) is 5.69 Å². The summed E-state index contributed by atoms with van der Waals surface area (Å²) in [5.41, 5.74) is 1.45. The summed E-state index contributed by atoms with van der Waals surface area (Å²) in [5, 5.41) is 6.76. The van der Waals surface area contributed by atoms with Gasteiger partial charge < -0.3 is 10.2 Å². The lowest BCUT2D eigenvalue weighted by atomic mass is 10.1. The Labute approximate surface area is 129 Å². The Bertz CT molecular complexity index is 674. The molecule has 0 bridgehead atoms. The molecule has 0 saturated carbocycles. The summed E-state index contributed by atoms with van der Waals surface area (Å²) in [5.74, 6) is -0.375. The van der Waals surface area contributed by atoms with Crippen LogP contribution in [0.25, 0.3) is 0 Å². The lowest BCUT2D eigenvalue weighted by Gasteiger charge is -2.20. The minimum absolute atomic E-state index is 0.0907. The number of carbonyl (C=O) groups is 2. The minimum atomic E-state index is -0.284. The van der Waals surface area contributed by atoms with Crippen LogP contribution in [0.2, 0.25) is 0 Å². The molecule has 2 amide bonds. The number of aryl methyl sites for hydroxylation is 1. The molecular formula is C16H20N4O2. The van der Waals surface area contributed by atoms with Gasteiger partial charge in [-0.3, -0.25) is 14.3 Å².